The van der Waals surface area contributed by atoms with Crippen LogP contribution in [0.3, 0.4) is 0 Å². The highest BCUT2D eigenvalue weighted by Crippen LogP contribution is 2.31. The number of sulfone groups is 1. The molecular formula is C19H19Cl2NO4S. The summed E-state index contributed by atoms with van der Waals surface area (Å²) in [5.41, 5.74) is 0.412. The van der Waals surface area contributed by atoms with E-state index in [0.717, 1.165) is 25.7 Å². The number of amides is 1. The number of rotatable bonds is 6. The molecule has 8 heteroatoms. The highest BCUT2D eigenvalue weighted by atomic mass is 35.5. The SMILES string of the molecule is O=C(CS(=O)(=O)c1ccc(Cl)cc1)Nc1ccc(OC2CCCC2)c(Cl)c1. The number of hydrogen-bond acceptors (Lipinski definition) is 4. The molecule has 0 spiro atoms. The van der Waals surface area contributed by atoms with Gasteiger partial charge in [-0.25, -0.2) is 8.42 Å². The molecule has 0 unspecified atom stereocenters. The van der Waals surface area contributed by atoms with Crippen molar-refractivity contribution in [3.8, 4) is 5.75 Å². The first-order valence-corrected chi connectivity index (χ1v) is 11.0. The van der Waals surface area contributed by atoms with Crippen molar-refractivity contribution < 1.29 is 17.9 Å². The summed E-state index contributed by atoms with van der Waals surface area (Å²) >= 11 is 12.0. The highest BCUT2D eigenvalue weighted by molar-refractivity contribution is 7.92. The summed E-state index contributed by atoms with van der Waals surface area (Å²) in [4.78, 5) is 12.2. The maximum atomic E-state index is 12.3. The van der Waals surface area contributed by atoms with E-state index in [1.165, 1.54) is 24.3 Å². The van der Waals surface area contributed by atoms with Crippen LogP contribution < -0.4 is 10.1 Å². The Bertz CT molecular complexity index is 923. The average molecular weight is 428 g/mol. The van der Waals surface area contributed by atoms with Crippen LogP contribution in [0.5, 0.6) is 5.75 Å². The van der Waals surface area contributed by atoms with Crippen LogP contribution in [0.1, 0.15) is 25.7 Å². The smallest absolute Gasteiger partial charge is 0.239 e. The van der Waals surface area contributed by atoms with Gasteiger partial charge < -0.3 is 10.1 Å². The number of anilines is 1. The molecule has 0 aliphatic heterocycles. The molecule has 1 aliphatic rings. The summed E-state index contributed by atoms with van der Waals surface area (Å²) in [6, 6.07) is 10.6. The first-order valence-electron chi connectivity index (χ1n) is 8.58. The van der Waals surface area contributed by atoms with Crippen LogP contribution in [0.2, 0.25) is 10.0 Å². The second-order valence-electron chi connectivity index (χ2n) is 6.43. The molecule has 1 N–H and O–H groups in total. The fraction of sp³-hybridized carbons (Fsp3) is 0.316. The van der Waals surface area contributed by atoms with Gasteiger partial charge in [0.1, 0.15) is 11.5 Å². The Morgan fingerprint density at radius 3 is 2.37 bits per heavy atom. The van der Waals surface area contributed by atoms with Crippen molar-refractivity contribution in [3.05, 3.63) is 52.5 Å². The Hall–Kier alpha value is -1.76. The summed E-state index contributed by atoms with van der Waals surface area (Å²) in [5, 5.41) is 3.36. The molecule has 1 saturated carbocycles. The Balaban J connectivity index is 1.63. The van der Waals surface area contributed by atoms with Gasteiger partial charge in [-0.1, -0.05) is 23.2 Å². The molecule has 1 fully saturated rings. The van der Waals surface area contributed by atoms with Gasteiger partial charge in [-0.15, -0.1) is 0 Å². The van der Waals surface area contributed by atoms with E-state index in [2.05, 4.69) is 5.32 Å². The predicted molar refractivity (Wildman–Crippen MR) is 106 cm³/mol. The molecule has 1 aliphatic carbocycles. The third-order valence-electron chi connectivity index (χ3n) is 4.31. The van der Waals surface area contributed by atoms with E-state index in [0.29, 0.717) is 21.5 Å². The molecule has 27 heavy (non-hydrogen) atoms. The van der Waals surface area contributed by atoms with Crippen LogP contribution in [-0.2, 0) is 14.6 Å². The zero-order valence-electron chi connectivity index (χ0n) is 14.5. The fourth-order valence-corrected chi connectivity index (χ4v) is 4.44. The minimum atomic E-state index is -3.76. The molecule has 2 aromatic carbocycles. The van der Waals surface area contributed by atoms with E-state index in [1.807, 2.05) is 0 Å². The van der Waals surface area contributed by atoms with Crippen molar-refractivity contribution in [2.45, 2.75) is 36.7 Å². The lowest BCUT2D eigenvalue weighted by Crippen LogP contribution is -2.23. The number of halogens is 2. The van der Waals surface area contributed by atoms with E-state index in [-0.39, 0.29) is 11.0 Å². The average Bonchev–Trinajstić information content (AvgIpc) is 3.10. The molecule has 5 nitrogen and oxygen atoms in total. The van der Waals surface area contributed by atoms with Crippen molar-refractivity contribution in [1.82, 2.24) is 0 Å². The second kappa shape index (κ2) is 8.50. The number of benzene rings is 2. The van der Waals surface area contributed by atoms with E-state index in [4.69, 9.17) is 27.9 Å². The van der Waals surface area contributed by atoms with Crippen LogP contribution in [0.25, 0.3) is 0 Å². The van der Waals surface area contributed by atoms with Gasteiger partial charge in [0.25, 0.3) is 0 Å². The number of ether oxygens (including phenoxy) is 1. The van der Waals surface area contributed by atoms with E-state index in [1.54, 1.807) is 18.2 Å². The summed E-state index contributed by atoms with van der Waals surface area (Å²) < 4.78 is 30.5. The minimum Gasteiger partial charge on any atom is -0.489 e. The lowest BCUT2D eigenvalue weighted by Gasteiger charge is -2.15. The van der Waals surface area contributed by atoms with E-state index < -0.39 is 21.5 Å². The lowest BCUT2D eigenvalue weighted by atomic mass is 10.2. The van der Waals surface area contributed by atoms with Gasteiger partial charge in [0, 0.05) is 10.7 Å². The summed E-state index contributed by atoms with van der Waals surface area (Å²) in [6.07, 6.45) is 4.50. The highest BCUT2D eigenvalue weighted by Gasteiger charge is 2.20. The lowest BCUT2D eigenvalue weighted by molar-refractivity contribution is -0.113. The topological polar surface area (TPSA) is 72.5 Å². The standard InChI is InChI=1S/C19H19Cl2NO4S/c20-13-5-8-16(9-6-13)27(24,25)12-19(23)22-14-7-10-18(17(21)11-14)26-15-3-1-2-4-15/h5-11,15H,1-4,12H2,(H,22,23). The summed E-state index contributed by atoms with van der Waals surface area (Å²) in [7, 11) is -3.76. The molecule has 0 saturated heterocycles. The van der Waals surface area contributed by atoms with Crippen molar-refractivity contribution in [2.24, 2.45) is 0 Å². The molecule has 0 atom stereocenters. The monoisotopic (exact) mass is 427 g/mol. The Morgan fingerprint density at radius 1 is 1.07 bits per heavy atom. The minimum absolute atomic E-state index is 0.0420. The normalized spacial score (nSPS) is 14.9. The Morgan fingerprint density at radius 2 is 1.74 bits per heavy atom. The number of carbonyl (C=O) groups is 1. The van der Waals surface area contributed by atoms with E-state index in [9.17, 15) is 13.2 Å². The third kappa shape index (κ3) is 5.37. The van der Waals surface area contributed by atoms with Crippen LogP contribution >= 0.6 is 23.2 Å². The third-order valence-corrected chi connectivity index (χ3v) is 6.49. The van der Waals surface area contributed by atoms with Crippen LogP contribution in [-0.4, -0.2) is 26.2 Å². The van der Waals surface area contributed by atoms with Gasteiger partial charge in [0.05, 0.1) is 16.0 Å². The molecule has 3 rings (SSSR count). The Labute approximate surface area is 168 Å². The van der Waals surface area contributed by atoms with Gasteiger partial charge in [0.2, 0.25) is 5.91 Å². The van der Waals surface area contributed by atoms with Crippen molar-refractivity contribution >= 4 is 44.6 Å². The quantitative estimate of drug-likeness (QED) is 0.722. The zero-order valence-corrected chi connectivity index (χ0v) is 16.8. The van der Waals surface area contributed by atoms with Crippen molar-refractivity contribution in [1.29, 1.82) is 0 Å². The number of nitrogens with one attached hydrogen (secondary N) is 1. The first-order chi connectivity index (χ1) is 12.8. The van der Waals surface area contributed by atoms with Gasteiger partial charge in [0.15, 0.2) is 9.84 Å². The first kappa shape index (κ1) is 20.0. The van der Waals surface area contributed by atoms with Gasteiger partial charge in [-0.2, -0.15) is 0 Å². The maximum absolute atomic E-state index is 12.3. The number of hydrogen-bond donors (Lipinski definition) is 1. The summed E-state index contributed by atoms with van der Waals surface area (Å²) in [5.74, 6) is -0.757. The van der Waals surface area contributed by atoms with E-state index >= 15 is 0 Å². The summed E-state index contributed by atoms with van der Waals surface area (Å²) in [6.45, 7) is 0. The van der Waals surface area contributed by atoms with Crippen LogP contribution in [0, 0.1) is 0 Å². The zero-order chi connectivity index (χ0) is 19.4. The molecule has 0 heterocycles. The molecular weight excluding hydrogens is 409 g/mol. The van der Waals surface area contributed by atoms with Gasteiger partial charge >= 0.3 is 0 Å². The molecule has 144 valence electrons. The molecule has 0 radical (unpaired) electrons. The molecule has 0 bridgehead atoms. The number of carbonyl (C=O) groups excluding carboxylic acids is 1. The Kier molecular flexibility index (Phi) is 6.29. The fourth-order valence-electron chi connectivity index (χ4n) is 2.95. The predicted octanol–water partition coefficient (Wildman–Crippen LogP) is 4.73. The van der Waals surface area contributed by atoms with Gasteiger partial charge in [-0.05, 0) is 68.1 Å². The van der Waals surface area contributed by atoms with Crippen molar-refractivity contribution in [2.75, 3.05) is 11.1 Å². The van der Waals surface area contributed by atoms with Crippen molar-refractivity contribution in [3.63, 3.8) is 0 Å². The largest absolute Gasteiger partial charge is 0.489 e. The second-order valence-corrected chi connectivity index (χ2v) is 9.26. The van der Waals surface area contributed by atoms with Gasteiger partial charge in [-0.3, -0.25) is 4.79 Å². The van der Waals surface area contributed by atoms with Crippen LogP contribution in [0.4, 0.5) is 5.69 Å². The van der Waals surface area contributed by atoms with Crippen LogP contribution in [0.15, 0.2) is 47.4 Å². The maximum Gasteiger partial charge on any atom is 0.239 e. The molecule has 1 amide bonds. The molecule has 0 aromatic heterocycles. The molecule has 2 aromatic rings.